The number of carbonyl (C=O) groups excluding carboxylic acids is 1. The number of nitrogens with zero attached hydrogens (tertiary/aromatic N) is 3. The van der Waals surface area contributed by atoms with Gasteiger partial charge in [-0.05, 0) is 49.8 Å². The van der Waals surface area contributed by atoms with Crippen molar-refractivity contribution in [1.29, 1.82) is 0 Å². The highest BCUT2D eigenvalue weighted by Gasteiger charge is 2.26. The second-order valence-corrected chi connectivity index (χ2v) is 9.60. The second kappa shape index (κ2) is 10.5. The van der Waals surface area contributed by atoms with E-state index in [9.17, 15) is 4.79 Å². The van der Waals surface area contributed by atoms with Gasteiger partial charge in [0, 0.05) is 61.0 Å². The predicted molar refractivity (Wildman–Crippen MR) is 142 cm³/mol. The van der Waals surface area contributed by atoms with Crippen LogP contribution in [0.4, 0.5) is 22.0 Å². The number of carbonyl (C=O) groups is 1. The van der Waals surface area contributed by atoms with Crippen molar-refractivity contribution in [2.45, 2.75) is 38.3 Å². The molecule has 1 aromatic heterocycles. The Hall–Kier alpha value is -3.03. The molecule has 4 rings (SSSR count). The number of nitrogens with one attached hydrogen (secondary N) is 1. The van der Waals surface area contributed by atoms with Crippen molar-refractivity contribution in [2.24, 2.45) is 17.4 Å². The summed E-state index contributed by atoms with van der Waals surface area (Å²) in [5, 5.41) is 5.34. The van der Waals surface area contributed by atoms with Crippen LogP contribution in [-0.4, -0.2) is 37.7 Å². The number of para-hydroxylation sites is 1. The van der Waals surface area contributed by atoms with Gasteiger partial charge in [-0.1, -0.05) is 35.9 Å². The lowest BCUT2D eigenvalue weighted by Gasteiger charge is -2.33. The Morgan fingerprint density at radius 1 is 1.09 bits per heavy atom. The van der Waals surface area contributed by atoms with Crippen molar-refractivity contribution in [1.82, 2.24) is 4.98 Å². The third-order valence-electron chi connectivity index (χ3n) is 6.67. The van der Waals surface area contributed by atoms with Gasteiger partial charge in [0.2, 0.25) is 0 Å². The average Bonchev–Trinajstić information content (AvgIpc) is 2.82. The molecule has 1 saturated carbocycles. The van der Waals surface area contributed by atoms with Crippen molar-refractivity contribution in [3.8, 4) is 0 Å². The Labute approximate surface area is 206 Å². The van der Waals surface area contributed by atoms with Gasteiger partial charge in [-0.25, -0.2) is 9.78 Å². The topological polar surface area (TPSA) is 101 Å². The van der Waals surface area contributed by atoms with Crippen LogP contribution < -0.4 is 26.6 Å². The molecule has 1 aliphatic carbocycles. The number of anilines is 3. The molecule has 180 valence electrons. The fourth-order valence-corrected chi connectivity index (χ4v) is 5.11. The van der Waals surface area contributed by atoms with E-state index >= 15 is 0 Å². The number of primary amides is 1. The molecule has 1 fully saturated rings. The normalized spacial score (nSPS) is 18.0. The zero-order chi connectivity index (χ0) is 24.2. The summed E-state index contributed by atoms with van der Waals surface area (Å²) in [7, 11) is 4.11. The minimum absolute atomic E-state index is 0.253. The number of urea groups is 1. The van der Waals surface area contributed by atoms with Gasteiger partial charge in [0.1, 0.15) is 5.82 Å². The van der Waals surface area contributed by atoms with E-state index in [-0.39, 0.29) is 6.54 Å². The van der Waals surface area contributed by atoms with Gasteiger partial charge in [-0.3, -0.25) is 4.90 Å². The molecule has 3 aromatic rings. The number of aromatic nitrogens is 1. The van der Waals surface area contributed by atoms with Crippen LogP contribution >= 0.6 is 11.6 Å². The van der Waals surface area contributed by atoms with E-state index in [2.05, 4.69) is 36.4 Å². The lowest BCUT2D eigenvalue weighted by Crippen LogP contribution is -2.41. The lowest BCUT2D eigenvalue weighted by molar-refractivity contribution is 0.250. The highest BCUT2D eigenvalue weighted by molar-refractivity contribution is 6.31. The first-order chi connectivity index (χ1) is 16.4. The second-order valence-electron chi connectivity index (χ2n) is 9.19. The maximum Gasteiger partial charge on any atom is 0.319 e. The summed E-state index contributed by atoms with van der Waals surface area (Å²) in [6.07, 6.45) is 3.99. The Balaban J connectivity index is 1.43. The molecule has 0 unspecified atom stereocenters. The molecule has 0 aliphatic heterocycles. The fourth-order valence-electron chi connectivity index (χ4n) is 4.87. The molecule has 1 aliphatic rings. The number of fused-ring (bicyclic) bond motifs is 1. The highest BCUT2D eigenvalue weighted by Crippen LogP contribution is 2.33. The summed E-state index contributed by atoms with van der Waals surface area (Å²) in [5.41, 5.74) is 15.2. The maximum absolute atomic E-state index is 12.3. The minimum atomic E-state index is -0.478. The van der Waals surface area contributed by atoms with Crippen LogP contribution in [0.3, 0.4) is 0 Å². The summed E-state index contributed by atoms with van der Waals surface area (Å²) in [5.74, 6) is 1.26. The smallest absolute Gasteiger partial charge is 0.319 e. The number of amides is 2. The molecule has 0 radical (unpaired) electrons. The van der Waals surface area contributed by atoms with E-state index in [1.54, 1.807) is 11.0 Å². The zero-order valence-corrected chi connectivity index (χ0v) is 20.6. The SMILES string of the molecule is CN(C)c1cc(N[C@H]2CC[C@@H](CN(C(N)=O)c3cccc(Cl)c3CN)CC2)nc2ccccc12. The molecule has 0 spiro atoms. The summed E-state index contributed by atoms with van der Waals surface area (Å²) >= 11 is 6.31. The molecule has 1 heterocycles. The Bertz CT molecular complexity index is 1160. The minimum Gasteiger partial charge on any atom is -0.377 e. The van der Waals surface area contributed by atoms with E-state index in [0.29, 0.717) is 29.2 Å². The summed E-state index contributed by atoms with van der Waals surface area (Å²) in [6.45, 7) is 0.817. The van der Waals surface area contributed by atoms with Gasteiger partial charge in [0.05, 0.1) is 11.2 Å². The Kier molecular flexibility index (Phi) is 7.44. The van der Waals surface area contributed by atoms with Crippen molar-refractivity contribution < 1.29 is 4.79 Å². The van der Waals surface area contributed by atoms with Crippen molar-refractivity contribution in [3.63, 3.8) is 0 Å². The van der Waals surface area contributed by atoms with Crippen LogP contribution in [0.15, 0.2) is 48.5 Å². The van der Waals surface area contributed by atoms with Crippen molar-refractivity contribution >= 4 is 45.7 Å². The first-order valence-electron chi connectivity index (χ1n) is 11.8. The first-order valence-corrected chi connectivity index (χ1v) is 12.1. The molecule has 2 aromatic carbocycles. The van der Waals surface area contributed by atoms with Crippen LogP contribution in [0.2, 0.25) is 5.02 Å². The third kappa shape index (κ3) is 5.21. The van der Waals surface area contributed by atoms with Gasteiger partial charge < -0.3 is 21.7 Å². The van der Waals surface area contributed by atoms with Crippen molar-refractivity contribution in [3.05, 3.63) is 59.1 Å². The largest absolute Gasteiger partial charge is 0.377 e. The summed E-state index contributed by atoms with van der Waals surface area (Å²) in [4.78, 5) is 20.9. The molecule has 8 heteroatoms. The predicted octanol–water partition coefficient (Wildman–Crippen LogP) is 4.97. The van der Waals surface area contributed by atoms with Gasteiger partial charge in [-0.15, -0.1) is 0 Å². The molecule has 0 bridgehead atoms. The van der Waals surface area contributed by atoms with E-state index in [1.165, 1.54) is 0 Å². The average molecular weight is 481 g/mol. The highest BCUT2D eigenvalue weighted by atomic mass is 35.5. The molecule has 34 heavy (non-hydrogen) atoms. The molecule has 0 saturated heterocycles. The van der Waals surface area contributed by atoms with Gasteiger partial charge in [0.25, 0.3) is 0 Å². The lowest BCUT2D eigenvalue weighted by atomic mass is 9.85. The standard InChI is InChI=1S/C26H33ClN6O/c1-32(2)24-14-25(31-22-8-4-3-6-19(22)24)30-18-12-10-17(11-13-18)16-33(26(29)34)23-9-5-7-21(27)20(23)15-28/h3-9,14,17-18H,10-13,15-16,28H2,1-2H3,(H2,29,34)(H,30,31)/t17-,18+. The molecule has 5 N–H and O–H groups in total. The Morgan fingerprint density at radius 2 is 1.82 bits per heavy atom. The van der Waals surface area contributed by atoms with Crippen LogP contribution in [0.25, 0.3) is 10.9 Å². The number of pyridine rings is 1. The fraction of sp³-hybridized carbons (Fsp3) is 0.385. The van der Waals surface area contributed by atoms with E-state index < -0.39 is 6.03 Å². The Morgan fingerprint density at radius 3 is 2.50 bits per heavy atom. The summed E-state index contributed by atoms with van der Waals surface area (Å²) in [6, 6.07) is 15.7. The molecule has 0 atom stereocenters. The van der Waals surface area contributed by atoms with E-state index in [4.69, 9.17) is 28.1 Å². The van der Waals surface area contributed by atoms with Crippen molar-refractivity contribution in [2.75, 3.05) is 35.8 Å². The van der Waals surface area contributed by atoms with Gasteiger partial charge >= 0.3 is 6.03 Å². The quantitative estimate of drug-likeness (QED) is 0.443. The number of hydrogen-bond acceptors (Lipinski definition) is 5. The van der Waals surface area contributed by atoms with Crippen LogP contribution in [0.1, 0.15) is 31.2 Å². The molecule has 2 amide bonds. The molecular weight excluding hydrogens is 448 g/mol. The number of halogens is 1. The molecule has 7 nitrogen and oxygen atoms in total. The van der Waals surface area contributed by atoms with Crippen LogP contribution in [-0.2, 0) is 6.54 Å². The monoisotopic (exact) mass is 480 g/mol. The number of benzene rings is 2. The van der Waals surface area contributed by atoms with Gasteiger partial charge in [-0.2, -0.15) is 0 Å². The first kappa shape index (κ1) is 24.1. The van der Waals surface area contributed by atoms with E-state index in [0.717, 1.165) is 53.7 Å². The number of hydrogen-bond donors (Lipinski definition) is 3. The zero-order valence-electron chi connectivity index (χ0n) is 19.8. The maximum atomic E-state index is 12.3. The van der Waals surface area contributed by atoms with E-state index in [1.807, 2.05) is 30.3 Å². The number of rotatable bonds is 7. The molecular formula is C26H33ClN6O. The summed E-state index contributed by atoms with van der Waals surface area (Å²) < 4.78 is 0. The van der Waals surface area contributed by atoms with Gasteiger partial charge in [0.15, 0.2) is 0 Å². The number of nitrogens with two attached hydrogens (primary N) is 2. The third-order valence-corrected chi connectivity index (χ3v) is 7.02. The van der Waals surface area contributed by atoms with Crippen LogP contribution in [0, 0.1) is 5.92 Å². The van der Waals surface area contributed by atoms with Crippen LogP contribution in [0.5, 0.6) is 0 Å².